The van der Waals surface area contributed by atoms with E-state index < -0.39 is 18.5 Å². The van der Waals surface area contributed by atoms with Crippen LogP contribution in [0.25, 0.3) is 0 Å². The topological polar surface area (TPSA) is 53.8 Å². The predicted octanol–water partition coefficient (Wildman–Crippen LogP) is 1.52. The summed E-state index contributed by atoms with van der Waals surface area (Å²) in [6.45, 7) is 0.592. The Kier molecular flexibility index (Phi) is 4.01. The van der Waals surface area contributed by atoms with Gasteiger partial charge in [0.2, 0.25) is 5.91 Å². The van der Waals surface area contributed by atoms with E-state index in [1.807, 2.05) is 0 Å². The van der Waals surface area contributed by atoms with Crippen LogP contribution >= 0.6 is 0 Å². The van der Waals surface area contributed by atoms with Crippen LogP contribution in [0.4, 0.5) is 13.2 Å². The maximum absolute atomic E-state index is 12.1. The molecule has 1 aliphatic heterocycles. The van der Waals surface area contributed by atoms with Crippen LogP contribution in [-0.2, 0) is 4.79 Å². The highest BCUT2D eigenvalue weighted by Crippen LogP contribution is 2.21. The van der Waals surface area contributed by atoms with Gasteiger partial charge >= 0.3 is 6.18 Å². The summed E-state index contributed by atoms with van der Waals surface area (Å²) in [5.41, 5.74) is 0. The lowest BCUT2D eigenvalue weighted by molar-refractivity contribution is -0.162. The lowest BCUT2D eigenvalue weighted by Crippen LogP contribution is -2.51. The zero-order chi connectivity index (χ0) is 14.8. The first-order valence-corrected chi connectivity index (χ1v) is 6.04. The molecule has 0 atom stereocenters. The number of hydrogen-bond acceptors (Lipinski definition) is 3. The van der Waals surface area contributed by atoms with Crippen molar-refractivity contribution in [1.29, 1.82) is 0 Å². The predicted molar refractivity (Wildman–Crippen MR) is 61.9 cm³/mol. The lowest BCUT2D eigenvalue weighted by Gasteiger charge is -2.34. The van der Waals surface area contributed by atoms with E-state index in [2.05, 4.69) is 0 Å². The standard InChI is InChI=1S/C12H13F3N2O3/c13-12(14,15)8-10(18)16-3-5-17(6-4-16)11(19)9-2-1-7-20-9/h1-2,7H,3-6,8H2. The summed E-state index contributed by atoms with van der Waals surface area (Å²) in [6.07, 6.45) is -4.59. The largest absolute Gasteiger partial charge is 0.459 e. The number of halogens is 3. The number of amides is 2. The molecule has 5 nitrogen and oxygen atoms in total. The van der Waals surface area contributed by atoms with Crippen LogP contribution in [0.2, 0.25) is 0 Å². The van der Waals surface area contributed by atoms with Gasteiger partial charge in [0.15, 0.2) is 5.76 Å². The van der Waals surface area contributed by atoms with Gasteiger partial charge in [-0.05, 0) is 12.1 Å². The fourth-order valence-electron chi connectivity index (χ4n) is 2.00. The van der Waals surface area contributed by atoms with Gasteiger partial charge in [-0.25, -0.2) is 0 Å². The van der Waals surface area contributed by atoms with E-state index >= 15 is 0 Å². The molecule has 1 aromatic heterocycles. The second-order valence-electron chi connectivity index (χ2n) is 4.44. The average Bonchev–Trinajstić information content (AvgIpc) is 2.90. The van der Waals surface area contributed by atoms with Crippen molar-refractivity contribution < 1.29 is 27.2 Å². The van der Waals surface area contributed by atoms with E-state index in [9.17, 15) is 22.8 Å². The zero-order valence-electron chi connectivity index (χ0n) is 10.5. The van der Waals surface area contributed by atoms with Gasteiger partial charge in [0.05, 0.1) is 6.26 Å². The van der Waals surface area contributed by atoms with Gasteiger partial charge in [-0.1, -0.05) is 0 Å². The van der Waals surface area contributed by atoms with E-state index in [4.69, 9.17) is 4.42 Å². The van der Waals surface area contributed by atoms with Crippen molar-refractivity contribution in [3.05, 3.63) is 24.2 Å². The minimum atomic E-state index is -4.50. The van der Waals surface area contributed by atoms with Crippen molar-refractivity contribution >= 4 is 11.8 Å². The first-order valence-electron chi connectivity index (χ1n) is 6.04. The molecule has 110 valence electrons. The van der Waals surface area contributed by atoms with E-state index in [1.54, 1.807) is 6.07 Å². The van der Waals surface area contributed by atoms with E-state index in [-0.39, 0.29) is 37.8 Å². The van der Waals surface area contributed by atoms with Crippen LogP contribution < -0.4 is 0 Å². The van der Waals surface area contributed by atoms with Gasteiger partial charge in [-0.2, -0.15) is 13.2 Å². The van der Waals surface area contributed by atoms with Gasteiger partial charge in [0.25, 0.3) is 5.91 Å². The molecule has 0 saturated carbocycles. The third-order valence-electron chi connectivity index (χ3n) is 3.00. The van der Waals surface area contributed by atoms with Crippen LogP contribution in [0.3, 0.4) is 0 Å². The summed E-state index contributed by atoms with van der Waals surface area (Å²) < 4.78 is 41.4. The molecule has 0 N–H and O–H groups in total. The molecule has 0 bridgehead atoms. The summed E-state index contributed by atoms with van der Waals surface area (Å²) in [5, 5.41) is 0. The minimum absolute atomic E-state index is 0.0986. The highest BCUT2D eigenvalue weighted by atomic mass is 19.4. The molecule has 20 heavy (non-hydrogen) atoms. The summed E-state index contributed by atoms with van der Waals surface area (Å²) in [7, 11) is 0. The number of alkyl halides is 3. The summed E-state index contributed by atoms with van der Waals surface area (Å²) in [6, 6.07) is 3.10. The Labute approximate surface area is 112 Å². The Morgan fingerprint density at radius 3 is 2.25 bits per heavy atom. The number of piperazine rings is 1. The van der Waals surface area contributed by atoms with Crippen LogP contribution in [0, 0.1) is 0 Å². The van der Waals surface area contributed by atoms with Crippen LogP contribution in [0.15, 0.2) is 22.8 Å². The molecule has 8 heteroatoms. The quantitative estimate of drug-likeness (QED) is 0.829. The summed E-state index contributed by atoms with van der Waals surface area (Å²) >= 11 is 0. The molecule has 1 aromatic rings. The minimum Gasteiger partial charge on any atom is -0.459 e. The Bertz CT molecular complexity index is 477. The molecule has 1 fully saturated rings. The summed E-state index contributed by atoms with van der Waals surface area (Å²) in [4.78, 5) is 25.9. The van der Waals surface area contributed by atoms with Gasteiger partial charge < -0.3 is 14.2 Å². The van der Waals surface area contributed by atoms with Gasteiger partial charge in [-0.15, -0.1) is 0 Å². The first-order chi connectivity index (χ1) is 9.37. The molecule has 0 radical (unpaired) electrons. The Morgan fingerprint density at radius 1 is 1.15 bits per heavy atom. The molecule has 1 saturated heterocycles. The van der Waals surface area contributed by atoms with Gasteiger partial charge in [0, 0.05) is 26.2 Å². The third kappa shape index (κ3) is 3.52. The molecule has 0 unspecified atom stereocenters. The smallest absolute Gasteiger partial charge is 0.397 e. The van der Waals surface area contributed by atoms with E-state index in [0.29, 0.717) is 0 Å². The molecule has 2 amide bonds. The molecular formula is C12H13F3N2O3. The third-order valence-corrected chi connectivity index (χ3v) is 3.00. The maximum Gasteiger partial charge on any atom is 0.397 e. The Balaban J connectivity index is 1.86. The first kappa shape index (κ1) is 14.4. The van der Waals surface area contributed by atoms with Crippen molar-refractivity contribution in [2.75, 3.05) is 26.2 Å². The fraction of sp³-hybridized carbons (Fsp3) is 0.500. The molecule has 0 aromatic carbocycles. The maximum atomic E-state index is 12.1. The molecular weight excluding hydrogens is 277 g/mol. The highest BCUT2D eigenvalue weighted by molar-refractivity contribution is 5.91. The van der Waals surface area contributed by atoms with Crippen LogP contribution in [-0.4, -0.2) is 54.0 Å². The molecule has 0 spiro atoms. The average molecular weight is 290 g/mol. The number of carbonyl (C=O) groups excluding carboxylic acids is 2. The van der Waals surface area contributed by atoms with E-state index in [1.165, 1.54) is 17.2 Å². The van der Waals surface area contributed by atoms with Gasteiger partial charge in [-0.3, -0.25) is 9.59 Å². The van der Waals surface area contributed by atoms with Crippen molar-refractivity contribution in [2.45, 2.75) is 12.6 Å². The number of furan rings is 1. The number of carbonyl (C=O) groups is 2. The second kappa shape index (κ2) is 5.56. The second-order valence-corrected chi connectivity index (χ2v) is 4.44. The Morgan fingerprint density at radius 2 is 1.75 bits per heavy atom. The van der Waals surface area contributed by atoms with E-state index in [0.717, 1.165) is 4.90 Å². The lowest BCUT2D eigenvalue weighted by atomic mass is 10.2. The van der Waals surface area contributed by atoms with Gasteiger partial charge in [0.1, 0.15) is 6.42 Å². The number of rotatable bonds is 2. The molecule has 2 rings (SSSR count). The number of hydrogen-bond donors (Lipinski definition) is 0. The van der Waals surface area contributed by atoms with Crippen molar-refractivity contribution in [2.24, 2.45) is 0 Å². The number of nitrogens with zero attached hydrogens (tertiary/aromatic N) is 2. The molecule has 2 heterocycles. The fourth-order valence-corrected chi connectivity index (χ4v) is 2.00. The molecule has 0 aliphatic carbocycles. The molecule has 1 aliphatic rings. The normalized spacial score (nSPS) is 16.4. The summed E-state index contributed by atoms with van der Waals surface area (Å²) in [5.74, 6) is -1.10. The van der Waals surface area contributed by atoms with Crippen molar-refractivity contribution in [3.8, 4) is 0 Å². The monoisotopic (exact) mass is 290 g/mol. The Hall–Kier alpha value is -1.99. The van der Waals surface area contributed by atoms with Crippen molar-refractivity contribution in [3.63, 3.8) is 0 Å². The van der Waals surface area contributed by atoms with Crippen molar-refractivity contribution in [1.82, 2.24) is 9.80 Å². The van der Waals surface area contributed by atoms with Crippen LogP contribution in [0.1, 0.15) is 17.0 Å². The highest BCUT2D eigenvalue weighted by Gasteiger charge is 2.35. The van der Waals surface area contributed by atoms with Crippen LogP contribution in [0.5, 0.6) is 0 Å². The zero-order valence-corrected chi connectivity index (χ0v) is 10.5. The SMILES string of the molecule is O=C(CC(F)(F)F)N1CCN(C(=O)c2ccco2)CC1.